The molecule has 96 valence electrons. The summed E-state index contributed by atoms with van der Waals surface area (Å²) in [4.78, 5) is 0. The molecule has 0 saturated heterocycles. The van der Waals surface area contributed by atoms with Crippen LogP contribution < -0.4 is 5.73 Å². The first-order chi connectivity index (χ1) is 8.04. The Balaban J connectivity index is 2.56. The number of hydrogen-bond donors (Lipinski definition) is 1. The molecule has 0 aliphatic rings. The third-order valence-electron chi connectivity index (χ3n) is 2.67. The number of rotatable bonds is 6. The summed E-state index contributed by atoms with van der Waals surface area (Å²) in [6.45, 7) is 2.74. The van der Waals surface area contributed by atoms with Crippen molar-refractivity contribution in [1.82, 2.24) is 0 Å². The van der Waals surface area contributed by atoms with E-state index >= 15 is 0 Å². The van der Waals surface area contributed by atoms with Crippen LogP contribution in [0.5, 0.6) is 0 Å². The van der Waals surface area contributed by atoms with Crippen LogP contribution in [0.2, 0.25) is 5.02 Å². The van der Waals surface area contributed by atoms with Gasteiger partial charge in [0.05, 0.1) is 5.02 Å². The molecule has 0 bridgehead atoms. The Morgan fingerprint density at radius 2 is 2.18 bits per heavy atom. The van der Waals surface area contributed by atoms with Crippen LogP contribution in [0.3, 0.4) is 0 Å². The van der Waals surface area contributed by atoms with Crippen LogP contribution in [0, 0.1) is 11.7 Å². The molecule has 17 heavy (non-hydrogen) atoms. The molecule has 0 fully saturated rings. The molecule has 0 amide bonds. The van der Waals surface area contributed by atoms with Crippen molar-refractivity contribution < 1.29 is 9.13 Å². The quantitative estimate of drug-likeness (QED) is 0.852. The van der Waals surface area contributed by atoms with Crippen LogP contribution in [0.1, 0.15) is 18.9 Å². The summed E-state index contributed by atoms with van der Waals surface area (Å²) < 4.78 is 18.7. The highest BCUT2D eigenvalue weighted by molar-refractivity contribution is 6.30. The summed E-state index contributed by atoms with van der Waals surface area (Å²) in [6.07, 6.45) is 1.31. The predicted molar refractivity (Wildman–Crippen MR) is 68.7 cm³/mol. The molecule has 1 rings (SSSR count). The Kier molecular flexibility index (Phi) is 5.89. The van der Waals surface area contributed by atoms with E-state index in [1.165, 1.54) is 0 Å². The lowest BCUT2D eigenvalue weighted by Crippen LogP contribution is -2.27. The minimum atomic E-state index is -0.357. The molecule has 0 saturated carbocycles. The lowest BCUT2D eigenvalue weighted by Gasteiger charge is -2.17. The summed E-state index contributed by atoms with van der Waals surface area (Å²) in [5.74, 6) is 0.0151. The topological polar surface area (TPSA) is 35.2 Å². The van der Waals surface area contributed by atoms with Crippen molar-refractivity contribution in [3.8, 4) is 0 Å². The fourth-order valence-corrected chi connectivity index (χ4v) is 2.14. The van der Waals surface area contributed by atoms with Gasteiger partial charge in [-0.25, -0.2) is 4.39 Å². The number of benzene rings is 1. The summed E-state index contributed by atoms with van der Waals surface area (Å²) in [5, 5.41) is 0.152. The van der Waals surface area contributed by atoms with Crippen molar-refractivity contribution in [3.63, 3.8) is 0 Å². The van der Waals surface area contributed by atoms with Gasteiger partial charge in [0, 0.05) is 19.8 Å². The van der Waals surface area contributed by atoms with Crippen LogP contribution in [-0.2, 0) is 11.2 Å². The third kappa shape index (κ3) is 4.62. The van der Waals surface area contributed by atoms with E-state index in [0.717, 1.165) is 6.42 Å². The lowest BCUT2D eigenvalue weighted by atomic mass is 9.97. The molecule has 0 spiro atoms. The predicted octanol–water partition coefficient (Wildman–Crippen LogP) is 3.02. The van der Waals surface area contributed by atoms with Gasteiger partial charge >= 0.3 is 0 Å². The van der Waals surface area contributed by atoms with Crippen molar-refractivity contribution in [2.24, 2.45) is 11.7 Å². The van der Waals surface area contributed by atoms with Crippen LogP contribution in [0.25, 0.3) is 0 Å². The highest BCUT2D eigenvalue weighted by Crippen LogP contribution is 2.20. The van der Waals surface area contributed by atoms with Gasteiger partial charge < -0.3 is 10.5 Å². The molecule has 0 aliphatic heterocycles. The van der Waals surface area contributed by atoms with E-state index in [1.807, 2.05) is 0 Å². The number of halogens is 2. The molecule has 2 N–H and O–H groups in total. The Morgan fingerprint density at radius 3 is 2.82 bits per heavy atom. The molecular formula is C13H19ClFNO. The molecule has 2 atom stereocenters. The molecule has 0 heterocycles. The largest absolute Gasteiger partial charge is 0.384 e. The van der Waals surface area contributed by atoms with E-state index < -0.39 is 0 Å². The molecule has 0 aromatic heterocycles. The fraction of sp³-hybridized carbons (Fsp3) is 0.538. The van der Waals surface area contributed by atoms with Gasteiger partial charge in [0.2, 0.25) is 0 Å². The maximum absolute atomic E-state index is 13.6. The fourth-order valence-electron chi connectivity index (χ4n) is 1.94. The van der Waals surface area contributed by atoms with E-state index in [2.05, 4.69) is 6.92 Å². The van der Waals surface area contributed by atoms with Crippen LogP contribution >= 0.6 is 11.6 Å². The van der Waals surface area contributed by atoms with Crippen LogP contribution in [-0.4, -0.2) is 19.8 Å². The summed E-state index contributed by atoms with van der Waals surface area (Å²) in [5.41, 5.74) is 6.57. The summed E-state index contributed by atoms with van der Waals surface area (Å²) in [7, 11) is 1.67. The average molecular weight is 260 g/mol. The highest BCUT2D eigenvalue weighted by Gasteiger charge is 2.13. The molecule has 2 nitrogen and oxygen atoms in total. The average Bonchev–Trinajstić information content (AvgIpc) is 2.25. The molecule has 4 heteroatoms. The van der Waals surface area contributed by atoms with E-state index in [4.69, 9.17) is 22.1 Å². The second kappa shape index (κ2) is 6.94. The normalized spacial score (nSPS) is 14.6. The standard InChI is InChI=1S/C13H19ClFNO/c1-9(8-17-2)6-11(16)7-10-4-3-5-12(14)13(10)15/h3-5,9,11H,6-8,16H2,1-2H3. The smallest absolute Gasteiger partial charge is 0.145 e. The second-order valence-corrected chi connectivity index (χ2v) is 4.88. The molecule has 1 aromatic rings. The molecule has 2 unspecified atom stereocenters. The minimum Gasteiger partial charge on any atom is -0.384 e. The Labute approximate surface area is 107 Å². The van der Waals surface area contributed by atoms with Gasteiger partial charge in [0.25, 0.3) is 0 Å². The van der Waals surface area contributed by atoms with Crippen molar-refractivity contribution in [1.29, 1.82) is 0 Å². The molecule has 0 aliphatic carbocycles. The zero-order valence-corrected chi connectivity index (χ0v) is 11.0. The van der Waals surface area contributed by atoms with Gasteiger partial charge in [-0.1, -0.05) is 30.7 Å². The summed E-state index contributed by atoms with van der Waals surface area (Å²) >= 11 is 5.72. The first-order valence-electron chi connectivity index (χ1n) is 5.72. The van der Waals surface area contributed by atoms with Crippen molar-refractivity contribution in [2.45, 2.75) is 25.8 Å². The minimum absolute atomic E-state index is 0.0758. The molecule has 1 aromatic carbocycles. The van der Waals surface area contributed by atoms with Gasteiger partial charge in [-0.2, -0.15) is 0 Å². The van der Waals surface area contributed by atoms with Crippen molar-refractivity contribution >= 4 is 11.6 Å². The van der Waals surface area contributed by atoms with E-state index in [0.29, 0.717) is 24.5 Å². The van der Waals surface area contributed by atoms with E-state index in [-0.39, 0.29) is 16.9 Å². The van der Waals surface area contributed by atoms with Gasteiger partial charge in [-0.05, 0) is 30.4 Å². The zero-order chi connectivity index (χ0) is 12.8. The van der Waals surface area contributed by atoms with Crippen LogP contribution in [0.4, 0.5) is 4.39 Å². The van der Waals surface area contributed by atoms with Crippen molar-refractivity contribution in [2.75, 3.05) is 13.7 Å². The maximum atomic E-state index is 13.6. The van der Waals surface area contributed by atoms with Gasteiger partial charge in [0.1, 0.15) is 5.82 Å². The Hall–Kier alpha value is -0.640. The lowest BCUT2D eigenvalue weighted by molar-refractivity contribution is 0.152. The van der Waals surface area contributed by atoms with Gasteiger partial charge in [0.15, 0.2) is 0 Å². The number of methoxy groups -OCH3 is 1. The number of hydrogen-bond acceptors (Lipinski definition) is 2. The monoisotopic (exact) mass is 259 g/mol. The summed E-state index contributed by atoms with van der Waals surface area (Å²) in [6, 6.07) is 4.93. The first-order valence-corrected chi connectivity index (χ1v) is 6.09. The van der Waals surface area contributed by atoms with Crippen LogP contribution in [0.15, 0.2) is 18.2 Å². The molecular weight excluding hydrogens is 241 g/mol. The SMILES string of the molecule is COCC(C)CC(N)Cc1cccc(Cl)c1F. The zero-order valence-electron chi connectivity index (χ0n) is 10.2. The van der Waals surface area contributed by atoms with Gasteiger partial charge in [-0.3, -0.25) is 0 Å². The van der Waals surface area contributed by atoms with Crippen molar-refractivity contribution in [3.05, 3.63) is 34.6 Å². The Bertz CT molecular complexity index is 359. The first kappa shape index (κ1) is 14.4. The second-order valence-electron chi connectivity index (χ2n) is 4.47. The van der Waals surface area contributed by atoms with E-state index in [1.54, 1.807) is 25.3 Å². The third-order valence-corrected chi connectivity index (χ3v) is 2.96. The van der Waals surface area contributed by atoms with Gasteiger partial charge in [-0.15, -0.1) is 0 Å². The number of nitrogens with two attached hydrogens (primary N) is 1. The maximum Gasteiger partial charge on any atom is 0.145 e. The Morgan fingerprint density at radius 1 is 1.47 bits per heavy atom. The molecule has 0 radical (unpaired) electrons. The highest BCUT2D eigenvalue weighted by atomic mass is 35.5. The number of ether oxygens (including phenoxy) is 1. The van der Waals surface area contributed by atoms with E-state index in [9.17, 15) is 4.39 Å².